The summed E-state index contributed by atoms with van der Waals surface area (Å²) in [6.45, 7) is 10.2. The molecule has 0 aromatic carbocycles. The SMILES string of the molecule is CCCCCCCCCC(C)(OC(=O)CC(=O)O)C(C)(C)C.[LiH].[NaH]. The first-order valence-corrected chi connectivity index (χ1v) is 8.56. The summed E-state index contributed by atoms with van der Waals surface area (Å²) < 4.78 is 5.54. The van der Waals surface area contributed by atoms with Crippen LogP contribution in [0.3, 0.4) is 0 Å². The van der Waals surface area contributed by atoms with Gasteiger partial charge in [-0.1, -0.05) is 66.2 Å². The van der Waals surface area contributed by atoms with E-state index in [-0.39, 0.29) is 53.8 Å². The van der Waals surface area contributed by atoms with Gasteiger partial charge in [-0.05, 0) is 19.8 Å². The Balaban J connectivity index is -0.00000220. The molecule has 0 aromatic heterocycles. The zero-order valence-corrected chi connectivity index (χ0v) is 15.0. The van der Waals surface area contributed by atoms with Crippen LogP contribution in [0.1, 0.15) is 92.4 Å². The number of hydrogen-bond acceptors (Lipinski definition) is 3. The van der Waals surface area contributed by atoms with Gasteiger partial charge in [0.1, 0.15) is 12.0 Å². The van der Waals surface area contributed by atoms with Gasteiger partial charge in [-0.15, -0.1) is 0 Å². The van der Waals surface area contributed by atoms with Gasteiger partial charge >= 0.3 is 60.4 Å². The fraction of sp³-hybridized carbons (Fsp3) is 0.889. The van der Waals surface area contributed by atoms with Crippen LogP contribution in [0.5, 0.6) is 0 Å². The molecule has 0 aliphatic carbocycles. The van der Waals surface area contributed by atoms with Gasteiger partial charge in [0, 0.05) is 5.41 Å². The second kappa shape index (κ2) is 14.7. The summed E-state index contributed by atoms with van der Waals surface area (Å²) in [6.07, 6.45) is 8.65. The first kappa shape index (κ1) is 29.3. The van der Waals surface area contributed by atoms with Crippen molar-refractivity contribution in [3.8, 4) is 0 Å². The first-order valence-electron chi connectivity index (χ1n) is 8.56. The van der Waals surface area contributed by atoms with Crippen LogP contribution >= 0.6 is 0 Å². The molecule has 0 aliphatic rings. The van der Waals surface area contributed by atoms with Crippen molar-refractivity contribution in [3.05, 3.63) is 0 Å². The van der Waals surface area contributed by atoms with Crippen molar-refractivity contribution in [1.29, 1.82) is 0 Å². The number of ether oxygens (including phenoxy) is 1. The van der Waals surface area contributed by atoms with Crippen LogP contribution in [0.25, 0.3) is 0 Å². The van der Waals surface area contributed by atoms with Crippen LogP contribution in [0.2, 0.25) is 0 Å². The van der Waals surface area contributed by atoms with E-state index in [1.54, 1.807) is 0 Å². The molecule has 0 rings (SSSR count). The Kier molecular flexibility index (Phi) is 17.9. The summed E-state index contributed by atoms with van der Waals surface area (Å²) >= 11 is 0. The van der Waals surface area contributed by atoms with Crippen molar-refractivity contribution in [3.63, 3.8) is 0 Å². The summed E-state index contributed by atoms with van der Waals surface area (Å²) in [7, 11) is 0. The molecule has 0 radical (unpaired) electrons. The van der Waals surface area contributed by atoms with Crippen molar-refractivity contribution in [2.45, 2.75) is 98.0 Å². The van der Waals surface area contributed by atoms with Gasteiger partial charge in [-0.2, -0.15) is 0 Å². The molecule has 0 saturated heterocycles. The third kappa shape index (κ3) is 12.8. The molecule has 0 heterocycles. The molecular formula is C18H36LiNaO4. The minimum atomic E-state index is -1.14. The van der Waals surface area contributed by atoms with Gasteiger partial charge in [-0.25, -0.2) is 0 Å². The maximum atomic E-state index is 11.7. The summed E-state index contributed by atoms with van der Waals surface area (Å²) in [5.74, 6) is -1.79. The molecule has 0 bridgehead atoms. The van der Waals surface area contributed by atoms with Gasteiger partial charge in [-0.3, -0.25) is 9.59 Å². The maximum absolute atomic E-state index is 11.7. The molecule has 6 heteroatoms. The van der Waals surface area contributed by atoms with E-state index < -0.39 is 24.0 Å². The molecule has 0 aliphatic heterocycles. The molecule has 0 fully saturated rings. The number of rotatable bonds is 11. The van der Waals surface area contributed by atoms with Crippen LogP contribution in [0, 0.1) is 5.41 Å². The van der Waals surface area contributed by atoms with Gasteiger partial charge in [0.2, 0.25) is 0 Å². The molecule has 0 amide bonds. The Hall–Kier alpha value is 0.537. The van der Waals surface area contributed by atoms with E-state index in [1.807, 2.05) is 27.7 Å². The number of carboxylic acids is 1. The van der Waals surface area contributed by atoms with Crippen molar-refractivity contribution in [2.24, 2.45) is 5.41 Å². The van der Waals surface area contributed by atoms with Crippen LogP contribution < -0.4 is 0 Å². The number of aliphatic carboxylic acids is 1. The van der Waals surface area contributed by atoms with E-state index in [4.69, 9.17) is 9.84 Å². The predicted molar refractivity (Wildman–Crippen MR) is 103 cm³/mol. The van der Waals surface area contributed by atoms with Crippen molar-refractivity contribution >= 4 is 60.4 Å². The summed E-state index contributed by atoms with van der Waals surface area (Å²) in [4.78, 5) is 22.3. The molecule has 1 N–H and O–H groups in total. The minimum absolute atomic E-state index is 0. The van der Waals surface area contributed by atoms with Gasteiger partial charge in [0.15, 0.2) is 0 Å². The topological polar surface area (TPSA) is 63.6 Å². The summed E-state index contributed by atoms with van der Waals surface area (Å²) in [5.41, 5.74) is -0.841. The van der Waals surface area contributed by atoms with E-state index in [9.17, 15) is 9.59 Å². The number of esters is 1. The summed E-state index contributed by atoms with van der Waals surface area (Å²) in [5, 5.41) is 8.70. The number of carboxylic acid groups (broad SMARTS) is 1. The quantitative estimate of drug-likeness (QED) is 0.268. The Morgan fingerprint density at radius 3 is 1.79 bits per heavy atom. The zero-order chi connectivity index (χ0) is 17.2. The molecule has 134 valence electrons. The molecule has 0 spiro atoms. The molecule has 0 aromatic rings. The average Bonchev–Trinajstić information content (AvgIpc) is 2.35. The standard InChI is InChI=1S/C18H34O4.Li.Na.2H/c1-6-7-8-9-10-11-12-13-18(5,17(2,3)4)22-16(21)14-15(19)20;;;;/h6-14H2,1-5H3,(H,19,20);;;;. The van der Waals surface area contributed by atoms with E-state index >= 15 is 0 Å². The van der Waals surface area contributed by atoms with Crippen LogP contribution in [0.15, 0.2) is 0 Å². The normalized spacial score (nSPS) is 13.2. The Morgan fingerprint density at radius 2 is 1.38 bits per heavy atom. The summed E-state index contributed by atoms with van der Waals surface area (Å²) in [6, 6.07) is 0. The van der Waals surface area contributed by atoms with Crippen LogP contribution in [-0.2, 0) is 14.3 Å². The Labute approximate surface area is 182 Å². The molecule has 1 unspecified atom stereocenters. The van der Waals surface area contributed by atoms with Gasteiger partial charge in [0.25, 0.3) is 0 Å². The van der Waals surface area contributed by atoms with Gasteiger partial charge < -0.3 is 9.84 Å². The van der Waals surface area contributed by atoms with E-state index in [2.05, 4.69) is 6.92 Å². The average molecular weight is 346 g/mol. The monoisotopic (exact) mass is 346 g/mol. The fourth-order valence-corrected chi connectivity index (χ4v) is 2.41. The second-order valence-electron chi connectivity index (χ2n) is 7.40. The van der Waals surface area contributed by atoms with Crippen LogP contribution in [0.4, 0.5) is 0 Å². The number of carbonyl (C=O) groups is 2. The number of unbranched alkanes of at least 4 members (excludes halogenated alkanes) is 6. The van der Waals surface area contributed by atoms with Crippen molar-refractivity contribution in [1.82, 2.24) is 0 Å². The van der Waals surface area contributed by atoms with Crippen molar-refractivity contribution in [2.75, 3.05) is 0 Å². The third-order valence-corrected chi connectivity index (χ3v) is 4.48. The van der Waals surface area contributed by atoms with E-state index in [0.717, 1.165) is 19.3 Å². The van der Waals surface area contributed by atoms with E-state index in [0.29, 0.717) is 0 Å². The molecule has 24 heavy (non-hydrogen) atoms. The molecular weight excluding hydrogens is 310 g/mol. The van der Waals surface area contributed by atoms with Crippen LogP contribution in [-0.4, -0.2) is 71.1 Å². The van der Waals surface area contributed by atoms with Crippen molar-refractivity contribution < 1.29 is 19.4 Å². The molecule has 1 atom stereocenters. The Bertz CT molecular complexity index is 355. The first-order chi connectivity index (χ1) is 10.1. The van der Waals surface area contributed by atoms with E-state index in [1.165, 1.54) is 32.1 Å². The molecule has 0 saturated carbocycles. The second-order valence-corrected chi connectivity index (χ2v) is 7.40. The third-order valence-electron chi connectivity index (χ3n) is 4.48. The van der Waals surface area contributed by atoms with Gasteiger partial charge in [0.05, 0.1) is 0 Å². The fourth-order valence-electron chi connectivity index (χ4n) is 2.41. The predicted octanol–water partition coefficient (Wildman–Crippen LogP) is 3.65. The molecule has 4 nitrogen and oxygen atoms in total. The number of carbonyl (C=O) groups excluding carboxylic acids is 1. The zero-order valence-electron chi connectivity index (χ0n) is 15.0. The Morgan fingerprint density at radius 1 is 0.917 bits per heavy atom. The number of hydrogen-bond donors (Lipinski definition) is 1.